The van der Waals surface area contributed by atoms with Crippen molar-refractivity contribution in [1.82, 2.24) is 9.78 Å². The summed E-state index contributed by atoms with van der Waals surface area (Å²) >= 11 is 0. The van der Waals surface area contributed by atoms with Gasteiger partial charge in [-0.15, -0.1) is 0 Å². The maximum absolute atomic E-state index is 12.3. The number of benzene rings is 1. The molecule has 5 nitrogen and oxygen atoms in total. The number of aryl methyl sites for hydroxylation is 1. The predicted molar refractivity (Wildman–Crippen MR) is 75.3 cm³/mol. The number of nitrogen functional groups attached to an aromatic ring is 1. The van der Waals surface area contributed by atoms with Crippen LogP contribution in [-0.2, 0) is 23.6 Å². The molecule has 1 atom stereocenters. The second-order valence-electron chi connectivity index (χ2n) is 4.10. The molecule has 0 aliphatic rings. The van der Waals surface area contributed by atoms with E-state index >= 15 is 0 Å². The van der Waals surface area contributed by atoms with Gasteiger partial charge in [-0.25, -0.2) is 0 Å². The van der Waals surface area contributed by atoms with E-state index in [-0.39, 0.29) is 0 Å². The predicted octanol–water partition coefficient (Wildman–Crippen LogP) is 1.71. The molecule has 2 N–H and O–H groups in total. The SMILES string of the molecule is CCOc1ccc(N)c(S(=O)Cc2ccn(C)n2)c1. The lowest BCUT2D eigenvalue weighted by Gasteiger charge is -2.08. The fraction of sp³-hybridized carbons (Fsp3) is 0.308. The highest BCUT2D eigenvalue weighted by Crippen LogP contribution is 2.24. The van der Waals surface area contributed by atoms with Crippen molar-refractivity contribution in [2.24, 2.45) is 7.05 Å². The van der Waals surface area contributed by atoms with Gasteiger partial charge in [-0.1, -0.05) is 0 Å². The zero-order chi connectivity index (χ0) is 13.8. The Morgan fingerprint density at radius 1 is 1.42 bits per heavy atom. The molecule has 0 radical (unpaired) electrons. The van der Waals surface area contributed by atoms with Crippen molar-refractivity contribution < 1.29 is 8.95 Å². The number of aromatic nitrogens is 2. The van der Waals surface area contributed by atoms with Gasteiger partial charge < -0.3 is 10.5 Å². The average Bonchev–Trinajstić information content (AvgIpc) is 2.77. The molecule has 0 fully saturated rings. The Labute approximate surface area is 114 Å². The van der Waals surface area contributed by atoms with Gasteiger partial charge >= 0.3 is 0 Å². The Morgan fingerprint density at radius 3 is 2.84 bits per heavy atom. The van der Waals surface area contributed by atoms with Gasteiger partial charge in [-0.2, -0.15) is 5.10 Å². The largest absolute Gasteiger partial charge is 0.494 e. The fourth-order valence-corrected chi connectivity index (χ4v) is 2.88. The van der Waals surface area contributed by atoms with Gasteiger partial charge in [0, 0.05) is 18.9 Å². The minimum absolute atomic E-state index is 0.348. The van der Waals surface area contributed by atoms with Gasteiger partial charge in [-0.3, -0.25) is 8.89 Å². The highest BCUT2D eigenvalue weighted by atomic mass is 32.2. The van der Waals surface area contributed by atoms with Crippen LogP contribution in [0.2, 0.25) is 0 Å². The Morgan fingerprint density at radius 2 is 2.21 bits per heavy atom. The van der Waals surface area contributed by atoms with E-state index in [2.05, 4.69) is 5.10 Å². The summed E-state index contributed by atoms with van der Waals surface area (Å²) < 4.78 is 19.4. The van der Waals surface area contributed by atoms with Crippen molar-refractivity contribution in [2.45, 2.75) is 17.6 Å². The molecule has 2 aromatic rings. The van der Waals surface area contributed by atoms with Crippen molar-refractivity contribution >= 4 is 16.5 Å². The van der Waals surface area contributed by atoms with Crippen LogP contribution in [-0.4, -0.2) is 20.6 Å². The molecule has 1 heterocycles. The van der Waals surface area contributed by atoms with E-state index in [0.29, 0.717) is 28.7 Å². The van der Waals surface area contributed by atoms with E-state index in [1.54, 1.807) is 22.9 Å². The zero-order valence-corrected chi connectivity index (χ0v) is 11.8. The van der Waals surface area contributed by atoms with Crippen LogP contribution in [0.25, 0.3) is 0 Å². The van der Waals surface area contributed by atoms with Crippen molar-refractivity contribution in [3.05, 3.63) is 36.2 Å². The van der Waals surface area contributed by atoms with Gasteiger partial charge in [0.25, 0.3) is 0 Å². The first kappa shape index (κ1) is 13.6. The van der Waals surface area contributed by atoms with Crippen LogP contribution in [0.15, 0.2) is 35.4 Å². The molecule has 1 aromatic heterocycles. The van der Waals surface area contributed by atoms with Crippen LogP contribution in [0.4, 0.5) is 5.69 Å². The summed E-state index contributed by atoms with van der Waals surface area (Å²) in [6.07, 6.45) is 1.83. The summed E-state index contributed by atoms with van der Waals surface area (Å²) in [7, 11) is 0.603. The summed E-state index contributed by atoms with van der Waals surface area (Å²) in [4.78, 5) is 0.594. The van der Waals surface area contributed by atoms with E-state index in [4.69, 9.17) is 10.5 Å². The van der Waals surface area contributed by atoms with Crippen LogP contribution in [0, 0.1) is 0 Å². The molecule has 2 rings (SSSR count). The standard InChI is InChI=1S/C13H17N3O2S/c1-3-18-11-4-5-12(14)13(8-11)19(17)9-10-6-7-16(2)15-10/h4-8H,3,9,14H2,1-2H3. The van der Waals surface area contributed by atoms with E-state index in [1.807, 2.05) is 26.2 Å². The third kappa shape index (κ3) is 3.35. The van der Waals surface area contributed by atoms with Gasteiger partial charge in [0.15, 0.2) is 0 Å². The van der Waals surface area contributed by atoms with Crippen LogP contribution < -0.4 is 10.5 Å². The molecule has 0 spiro atoms. The third-order valence-corrected chi connectivity index (χ3v) is 3.99. The van der Waals surface area contributed by atoms with E-state index in [1.165, 1.54) is 0 Å². The number of hydrogen-bond donors (Lipinski definition) is 1. The van der Waals surface area contributed by atoms with Crippen molar-refractivity contribution in [2.75, 3.05) is 12.3 Å². The highest BCUT2D eigenvalue weighted by Gasteiger charge is 2.12. The summed E-state index contributed by atoms with van der Waals surface area (Å²) in [5, 5.41) is 4.22. The normalized spacial score (nSPS) is 12.3. The van der Waals surface area contributed by atoms with Gasteiger partial charge in [0.2, 0.25) is 0 Å². The smallest absolute Gasteiger partial charge is 0.120 e. The Kier molecular flexibility index (Phi) is 4.21. The quantitative estimate of drug-likeness (QED) is 0.846. The molecule has 102 valence electrons. The number of nitrogens with two attached hydrogens (primary N) is 1. The van der Waals surface area contributed by atoms with E-state index in [9.17, 15) is 4.21 Å². The van der Waals surface area contributed by atoms with Crippen molar-refractivity contribution in [3.63, 3.8) is 0 Å². The second kappa shape index (κ2) is 5.88. The van der Waals surface area contributed by atoms with Gasteiger partial charge in [0.1, 0.15) is 5.75 Å². The molecule has 0 aliphatic carbocycles. The molecular weight excluding hydrogens is 262 g/mol. The topological polar surface area (TPSA) is 70.1 Å². The number of rotatable bonds is 5. The maximum atomic E-state index is 12.3. The summed E-state index contributed by atoms with van der Waals surface area (Å²) in [6, 6.07) is 7.08. The lowest BCUT2D eigenvalue weighted by molar-refractivity contribution is 0.339. The van der Waals surface area contributed by atoms with Crippen LogP contribution in [0.1, 0.15) is 12.6 Å². The van der Waals surface area contributed by atoms with Gasteiger partial charge in [0.05, 0.1) is 33.7 Å². The van der Waals surface area contributed by atoms with Gasteiger partial charge in [-0.05, 0) is 31.2 Å². The Bertz CT molecular complexity index is 595. The first-order chi connectivity index (χ1) is 9.10. The molecule has 1 aromatic carbocycles. The molecule has 1 unspecified atom stereocenters. The summed E-state index contributed by atoms with van der Waals surface area (Å²) in [5.74, 6) is 1.03. The van der Waals surface area contributed by atoms with Crippen molar-refractivity contribution in [1.29, 1.82) is 0 Å². The fourth-order valence-electron chi connectivity index (χ4n) is 1.72. The van der Waals surface area contributed by atoms with E-state index < -0.39 is 10.8 Å². The molecule has 0 aliphatic heterocycles. The summed E-state index contributed by atoms with van der Waals surface area (Å²) in [5.41, 5.74) is 7.16. The van der Waals surface area contributed by atoms with Crippen LogP contribution >= 0.6 is 0 Å². The third-order valence-electron chi connectivity index (χ3n) is 2.59. The monoisotopic (exact) mass is 279 g/mol. The van der Waals surface area contributed by atoms with Crippen molar-refractivity contribution in [3.8, 4) is 5.75 Å². The average molecular weight is 279 g/mol. The molecule has 0 bridgehead atoms. The lowest BCUT2D eigenvalue weighted by Crippen LogP contribution is -2.03. The summed E-state index contributed by atoms with van der Waals surface area (Å²) in [6.45, 7) is 2.47. The first-order valence-electron chi connectivity index (χ1n) is 5.99. The number of ether oxygens (including phenoxy) is 1. The first-order valence-corrected chi connectivity index (χ1v) is 7.31. The minimum atomic E-state index is -1.23. The van der Waals surface area contributed by atoms with Crippen LogP contribution in [0.3, 0.4) is 0 Å². The zero-order valence-electron chi connectivity index (χ0n) is 11.0. The van der Waals surface area contributed by atoms with Crippen LogP contribution in [0.5, 0.6) is 5.75 Å². The lowest BCUT2D eigenvalue weighted by atomic mass is 10.3. The molecule has 6 heteroatoms. The maximum Gasteiger partial charge on any atom is 0.120 e. The number of nitrogens with zero attached hydrogens (tertiary/aromatic N) is 2. The Balaban J connectivity index is 2.20. The molecule has 19 heavy (non-hydrogen) atoms. The molecular formula is C13H17N3O2S. The highest BCUT2D eigenvalue weighted by molar-refractivity contribution is 7.84. The Hall–Kier alpha value is -1.82. The number of anilines is 1. The van der Waals surface area contributed by atoms with E-state index in [0.717, 1.165) is 5.69 Å². The minimum Gasteiger partial charge on any atom is -0.494 e. The number of hydrogen-bond acceptors (Lipinski definition) is 4. The second-order valence-corrected chi connectivity index (χ2v) is 5.52. The molecule has 0 saturated carbocycles. The molecule has 0 amide bonds. The molecule has 0 saturated heterocycles.